The molecular weight excluding hydrogens is 198 g/mol. The van der Waals surface area contributed by atoms with Gasteiger partial charge in [0.1, 0.15) is 5.69 Å². The number of pyridine rings is 1. The van der Waals surface area contributed by atoms with Crippen molar-refractivity contribution in [3.05, 3.63) is 30.2 Å². The smallest absolute Gasteiger partial charge is 0.181 e. The molecule has 0 unspecified atom stereocenters. The number of hydrogen-bond acceptors (Lipinski definition) is 5. The fourth-order valence-electron chi connectivity index (χ4n) is 1.14. The van der Waals surface area contributed by atoms with Crippen LogP contribution in [0.2, 0.25) is 0 Å². The summed E-state index contributed by atoms with van der Waals surface area (Å²) in [5.74, 6) is 0. The lowest BCUT2D eigenvalue weighted by molar-refractivity contribution is 0.112. The van der Waals surface area contributed by atoms with Gasteiger partial charge in [-0.25, -0.2) is 4.98 Å². The molecule has 0 aliphatic heterocycles. The first-order valence-electron chi connectivity index (χ1n) is 3.93. The molecule has 2 aromatic heterocycles. The van der Waals surface area contributed by atoms with Crippen LogP contribution in [-0.4, -0.2) is 16.3 Å². The molecule has 70 valence electrons. The molecule has 0 bridgehead atoms. The number of carbonyl (C=O) groups is 1. The van der Waals surface area contributed by atoms with Crippen molar-refractivity contribution in [1.82, 2.24) is 9.97 Å². The highest BCUT2D eigenvalue weighted by atomic mass is 32.1. The van der Waals surface area contributed by atoms with Gasteiger partial charge in [0, 0.05) is 12.4 Å². The van der Waals surface area contributed by atoms with Gasteiger partial charge >= 0.3 is 0 Å². The van der Waals surface area contributed by atoms with Crippen molar-refractivity contribution in [2.75, 3.05) is 5.73 Å². The Morgan fingerprint density at radius 2 is 2.07 bits per heavy atom. The predicted molar refractivity (Wildman–Crippen MR) is 55.1 cm³/mol. The van der Waals surface area contributed by atoms with Crippen molar-refractivity contribution in [2.45, 2.75) is 0 Å². The Labute approximate surface area is 84.4 Å². The average molecular weight is 205 g/mol. The van der Waals surface area contributed by atoms with Crippen LogP contribution in [0, 0.1) is 0 Å². The van der Waals surface area contributed by atoms with E-state index in [2.05, 4.69) is 9.97 Å². The van der Waals surface area contributed by atoms with Crippen LogP contribution in [0.3, 0.4) is 0 Å². The molecular formula is C9H7N3OS. The van der Waals surface area contributed by atoms with E-state index in [0.717, 1.165) is 10.4 Å². The standard InChI is InChI=1S/C9H7N3OS/c10-9-12-7(5-13)8(14-9)6-1-3-11-4-2-6/h1-5H,(H2,10,12). The molecule has 2 rings (SSSR count). The van der Waals surface area contributed by atoms with Gasteiger partial charge in [-0.2, -0.15) is 0 Å². The predicted octanol–water partition coefficient (Wildman–Crippen LogP) is 1.60. The number of carbonyl (C=O) groups excluding carboxylic acids is 1. The van der Waals surface area contributed by atoms with Gasteiger partial charge in [-0.05, 0) is 17.7 Å². The van der Waals surface area contributed by atoms with E-state index in [1.54, 1.807) is 12.4 Å². The fraction of sp³-hybridized carbons (Fsp3) is 0. The lowest BCUT2D eigenvalue weighted by Crippen LogP contribution is -1.85. The van der Waals surface area contributed by atoms with E-state index in [1.165, 1.54) is 11.3 Å². The molecule has 0 saturated carbocycles. The molecule has 0 amide bonds. The third-order valence-corrected chi connectivity index (χ3v) is 2.67. The van der Waals surface area contributed by atoms with Crippen LogP contribution in [0.4, 0.5) is 5.13 Å². The van der Waals surface area contributed by atoms with E-state index in [1.807, 2.05) is 12.1 Å². The van der Waals surface area contributed by atoms with Crippen molar-refractivity contribution < 1.29 is 4.79 Å². The largest absolute Gasteiger partial charge is 0.375 e. The minimum atomic E-state index is 0.388. The van der Waals surface area contributed by atoms with Gasteiger partial charge < -0.3 is 5.73 Å². The van der Waals surface area contributed by atoms with Crippen LogP contribution in [0.5, 0.6) is 0 Å². The highest BCUT2D eigenvalue weighted by Gasteiger charge is 2.09. The molecule has 0 aromatic carbocycles. The number of nitrogens with two attached hydrogens (primary N) is 1. The number of hydrogen-bond donors (Lipinski definition) is 1. The van der Waals surface area contributed by atoms with Gasteiger partial charge in [0.2, 0.25) is 0 Å². The summed E-state index contributed by atoms with van der Waals surface area (Å²) in [4.78, 5) is 19.3. The van der Waals surface area contributed by atoms with E-state index in [0.29, 0.717) is 17.1 Å². The Balaban J connectivity index is 2.56. The molecule has 5 heteroatoms. The van der Waals surface area contributed by atoms with Crippen LogP contribution in [0.15, 0.2) is 24.5 Å². The summed E-state index contributed by atoms with van der Waals surface area (Å²) in [6, 6.07) is 3.64. The summed E-state index contributed by atoms with van der Waals surface area (Å²) in [5.41, 5.74) is 6.83. The zero-order valence-electron chi connectivity index (χ0n) is 7.18. The molecule has 0 aliphatic rings. The van der Waals surface area contributed by atoms with Crippen LogP contribution < -0.4 is 5.73 Å². The first-order valence-corrected chi connectivity index (χ1v) is 4.75. The second-order valence-electron chi connectivity index (χ2n) is 2.62. The van der Waals surface area contributed by atoms with Gasteiger partial charge in [-0.15, -0.1) is 0 Å². The molecule has 14 heavy (non-hydrogen) atoms. The molecule has 2 N–H and O–H groups in total. The third kappa shape index (κ3) is 1.49. The van der Waals surface area contributed by atoms with Crippen molar-refractivity contribution in [3.63, 3.8) is 0 Å². The molecule has 4 nitrogen and oxygen atoms in total. The zero-order valence-corrected chi connectivity index (χ0v) is 7.99. The Hall–Kier alpha value is -1.75. The van der Waals surface area contributed by atoms with E-state index in [-0.39, 0.29) is 0 Å². The first kappa shape index (κ1) is 8.83. The number of nitrogen functional groups attached to an aromatic ring is 1. The van der Waals surface area contributed by atoms with Gasteiger partial charge in [0.25, 0.3) is 0 Å². The van der Waals surface area contributed by atoms with E-state index in [9.17, 15) is 4.79 Å². The normalized spacial score (nSPS) is 10.0. The summed E-state index contributed by atoms with van der Waals surface area (Å²) >= 11 is 1.30. The topological polar surface area (TPSA) is 68.9 Å². The summed E-state index contributed by atoms with van der Waals surface area (Å²) in [5, 5.41) is 0.402. The highest BCUT2D eigenvalue weighted by Crippen LogP contribution is 2.29. The number of nitrogens with zero attached hydrogens (tertiary/aromatic N) is 2. The Morgan fingerprint density at radius 3 is 2.71 bits per heavy atom. The maximum atomic E-state index is 10.7. The summed E-state index contributed by atoms with van der Waals surface area (Å²) in [6.07, 6.45) is 4.04. The van der Waals surface area contributed by atoms with E-state index in [4.69, 9.17) is 5.73 Å². The lowest BCUT2D eigenvalue weighted by atomic mass is 10.2. The Kier molecular flexibility index (Phi) is 2.24. The van der Waals surface area contributed by atoms with Gasteiger partial charge in [0.15, 0.2) is 11.4 Å². The van der Waals surface area contributed by atoms with Crippen LogP contribution >= 0.6 is 11.3 Å². The molecule has 0 atom stereocenters. The second kappa shape index (κ2) is 3.55. The van der Waals surface area contributed by atoms with Crippen LogP contribution in [-0.2, 0) is 0 Å². The SMILES string of the molecule is Nc1nc(C=O)c(-c2ccncc2)s1. The quantitative estimate of drug-likeness (QED) is 0.756. The molecule has 0 fully saturated rings. The lowest BCUT2D eigenvalue weighted by Gasteiger charge is -1.94. The molecule has 0 spiro atoms. The number of aromatic nitrogens is 2. The zero-order chi connectivity index (χ0) is 9.97. The van der Waals surface area contributed by atoms with Crippen molar-refractivity contribution >= 4 is 22.8 Å². The molecule has 0 aliphatic carbocycles. The van der Waals surface area contributed by atoms with Gasteiger partial charge in [-0.3, -0.25) is 9.78 Å². The maximum absolute atomic E-state index is 10.7. The summed E-state index contributed by atoms with van der Waals surface area (Å²) < 4.78 is 0. The molecule has 2 heterocycles. The highest BCUT2D eigenvalue weighted by molar-refractivity contribution is 7.19. The van der Waals surface area contributed by atoms with Gasteiger partial charge in [-0.1, -0.05) is 11.3 Å². The minimum Gasteiger partial charge on any atom is -0.375 e. The fourth-order valence-corrected chi connectivity index (χ4v) is 1.94. The number of rotatable bonds is 2. The monoisotopic (exact) mass is 205 g/mol. The average Bonchev–Trinajstić information content (AvgIpc) is 2.61. The number of aldehydes is 1. The Morgan fingerprint density at radius 1 is 1.36 bits per heavy atom. The van der Waals surface area contributed by atoms with Crippen molar-refractivity contribution in [1.29, 1.82) is 0 Å². The minimum absolute atomic E-state index is 0.388. The number of thiazole rings is 1. The summed E-state index contributed by atoms with van der Waals surface area (Å²) in [6.45, 7) is 0. The molecule has 2 aromatic rings. The van der Waals surface area contributed by atoms with Gasteiger partial charge in [0.05, 0.1) is 4.88 Å². The van der Waals surface area contributed by atoms with E-state index >= 15 is 0 Å². The first-order chi connectivity index (χ1) is 6.81. The molecule has 0 radical (unpaired) electrons. The molecule has 0 saturated heterocycles. The second-order valence-corrected chi connectivity index (χ2v) is 3.65. The third-order valence-electron chi connectivity index (χ3n) is 1.72. The maximum Gasteiger partial charge on any atom is 0.181 e. The Bertz CT molecular complexity index is 452. The van der Waals surface area contributed by atoms with Crippen LogP contribution in [0.25, 0.3) is 10.4 Å². The van der Waals surface area contributed by atoms with Crippen LogP contribution in [0.1, 0.15) is 10.5 Å². The van der Waals surface area contributed by atoms with E-state index < -0.39 is 0 Å². The summed E-state index contributed by atoms with van der Waals surface area (Å²) in [7, 11) is 0. The van der Waals surface area contributed by atoms with Crippen molar-refractivity contribution in [2.24, 2.45) is 0 Å². The number of anilines is 1. The van der Waals surface area contributed by atoms with Crippen molar-refractivity contribution in [3.8, 4) is 10.4 Å².